The molecule has 144 valence electrons. The van der Waals surface area contributed by atoms with E-state index in [1.54, 1.807) is 0 Å². The summed E-state index contributed by atoms with van der Waals surface area (Å²) in [6.45, 7) is 5.53. The first-order valence-electron chi connectivity index (χ1n) is 10.0. The largest absolute Gasteiger partial charge is 0.494 e. The summed E-state index contributed by atoms with van der Waals surface area (Å²) in [5.74, 6) is 0.969. The van der Waals surface area contributed by atoms with E-state index in [2.05, 4.69) is 41.4 Å². The number of nitrogens with zero attached hydrogens (tertiary/aromatic N) is 1. The molecule has 1 heterocycles. The highest BCUT2D eigenvalue weighted by Crippen LogP contribution is 2.21. The SMILES string of the molecule is CCC(CNC(=O)CCCOc1ccccc1)N1CCc2ccccc2C1. The van der Waals surface area contributed by atoms with Crippen molar-refractivity contribution in [3.63, 3.8) is 0 Å². The Hall–Kier alpha value is -2.33. The van der Waals surface area contributed by atoms with Crippen LogP contribution >= 0.6 is 0 Å². The monoisotopic (exact) mass is 366 g/mol. The van der Waals surface area contributed by atoms with Gasteiger partial charge < -0.3 is 10.1 Å². The lowest BCUT2D eigenvalue weighted by molar-refractivity contribution is -0.121. The number of rotatable bonds is 9. The van der Waals surface area contributed by atoms with Gasteiger partial charge >= 0.3 is 0 Å². The molecule has 27 heavy (non-hydrogen) atoms. The zero-order valence-corrected chi connectivity index (χ0v) is 16.2. The van der Waals surface area contributed by atoms with Crippen molar-refractivity contribution in [2.45, 2.75) is 45.2 Å². The first-order chi connectivity index (χ1) is 13.3. The van der Waals surface area contributed by atoms with Crippen LogP contribution in [0.3, 0.4) is 0 Å². The van der Waals surface area contributed by atoms with E-state index in [1.165, 1.54) is 11.1 Å². The number of carbonyl (C=O) groups excluding carboxylic acids is 1. The van der Waals surface area contributed by atoms with Gasteiger partial charge in [-0.25, -0.2) is 0 Å². The Bertz CT molecular complexity index is 717. The van der Waals surface area contributed by atoms with E-state index in [0.717, 1.165) is 44.6 Å². The van der Waals surface area contributed by atoms with Crippen molar-refractivity contribution in [2.24, 2.45) is 0 Å². The number of carbonyl (C=O) groups is 1. The molecular formula is C23H30N2O2. The van der Waals surface area contributed by atoms with Gasteiger partial charge in [0.05, 0.1) is 6.61 Å². The standard InChI is InChI=1S/C23H30N2O2/c1-2-21(25-15-14-19-9-6-7-10-20(19)18-25)17-24-23(26)13-8-16-27-22-11-4-3-5-12-22/h3-7,9-12,21H,2,8,13-18H2,1H3,(H,24,26). The Balaban J connectivity index is 1.37. The first-order valence-corrected chi connectivity index (χ1v) is 10.0. The van der Waals surface area contributed by atoms with Gasteiger partial charge in [-0.1, -0.05) is 49.4 Å². The Morgan fingerprint density at radius 3 is 2.63 bits per heavy atom. The highest BCUT2D eigenvalue weighted by molar-refractivity contribution is 5.75. The van der Waals surface area contributed by atoms with Gasteiger partial charge in [0.25, 0.3) is 0 Å². The minimum absolute atomic E-state index is 0.113. The summed E-state index contributed by atoms with van der Waals surface area (Å²) in [5.41, 5.74) is 2.89. The number of ether oxygens (including phenoxy) is 1. The second-order valence-corrected chi connectivity index (χ2v) is 7.12. The molecule has 0 aromatic heterocycles. The van der Waals surface area contributed by atoms with E-state index in [1.807, 2.05) is 30.3 Å². The number of para-hydroxylation sites is 1. The summed E-state index contributed by atoms with van der Waals surface area (Å²) < 4.78 is 5.64. The van der Waals surface area contributed by atoms with Gasteiger partial charge in [-0.05, 0) is 42.5 Å². The van der Waals surface area contributed by atoms with E-state index < -0.39 is 0 Å². The predicted molar refractivity (Wildman–Crippen MR) is 109 cm³/mol. The average molecular weight is 367 g/mol. The van der Waals surface area contributed by atoms with Gasteiger partial charge in [-0.3, -0.25) is 9.69 Å². The summed E-state index contributed by atoms with van der Waals surface area (Å²) in [7, 11) is 0. The fourth-order valence-electron chi connectivity index (χ4n) is 3.62. The topological polar surface area (TPSA) is 41.6 Å². The third-order valence-corrected chi connectivity index (χ3v) is 5.24. The fraction of sp³-hybridized carbons (Fsp3) is 0.435. The van der Waals surface area contributed by atoms with Gasteiger partial charge in [0.1, 0.15) is 5.75 Å². The van der Waals surface area contributed by atoms with Crippen molar-refractivity contribution in [2.75, 3.05) is 19.7 Å². The highest BCUT2D eigenvalue weighted by atomic mass is 16.5. The molecule has 2 aromatic carbocycles. The maximum Gasteiger partial charge on any atom is 0.220 e. The molecule has 1 aliphatic rings. The van der Waals surface area contributed by atoms with Crippen molar-refractivity contribution in [1.82, 2.24) is 10.2 Å². The molecule has 0 spiro atoms. The van der Waals surface area contributed by atoms with Gasteiger partial charge in [0.15, 0.2) is 0 Å². The second-order valence-electron chi connectivity index (χ2n) is 7.12. The van der Waals surface area contributed by atoms with Crippen LogP contribution in [0.1, 0.15) is 37.3 Å². The smallest absolute Gasteiger partial charge is 0.220 e. The second kappa shape index (κ2) is 10.1. The van der Waals surface area contributed by atoms with Gasteiger partial charge in [-0.15, -0.1) is 0 Å². The molecule has 0 bridgehead atoms. The summed E-state index contributed by atoms with van der Waals surface area (Å²) in [4.78, 5) is 14.7. The fourth-order valence-corrected chi connectivity index (χ4v) is 3.62. The number of nitrogens with one attached hydrogen (secondary N) is 1. The van der Waals surface area contributed by atoms with E-state index in [-0.39, 0.29) is 5.91 Å². The summed E-state index contributed by atoms with van der Waals surface area (Å²) in [6, 6.07) is 18.8. The molecule has 1 N–H and O–H groups in total. The molecule has 1 unspecified atom stereocenters. The molecule has 0 saturated heterocycles. The van der Waals surface area contributed by atoms with Crippen molar-refractivity contribution in [1.29, 1.82) is 0 Å². The number of fused-ring (bicyclic) bond motifs is 1. The first kappa shape index (κ1) is 19.4. The summed E-state index contributed by atoms with van der Waals surface area (Å²) in [5, 5.41) is 3.12. The van der Waals surface area contributed by atoms with Gasteiger partial charge in [0, 0.05) is 32.1 Å². The molecule has 0 radical (unpaired) electrons. The Kier molecular flexibility index (Phi) is 7.28. The maximum absolute atomic E-state index is 12.2. The van der Waals surface area contributed by atoms with Crippen LogP contribution in [0, 0.1) is 0 Å². The van der Waals surface area contributed by atoms with Crippen LogP contribution in [0.25, 0.3) is 0 Å². The van der Waals surface area contributed by atoms with Crippen molar-refractivity contribution >= 4 is 5.91 Å². The molecule has 3 rings (SSSR count). The van der Waals surface area contributed by atoms with Crippen LogP contribution in [-0.2, 0) is 17.8 Å². The van der Waals surface area contributed by atoms with Crippen LogP contribution in [0.15, 0.2) is 54.6 Å². The lowest BCUT2D eigenvalue weighted by Gasteiger charge is -2.35. The van der Waals surface area contributed by atoms with Crippen LogP contribution < -0.4 is 10.1 Å². The van der Waals surface area contributed by atoms with E-state index in [0.29, 0.717) is 19.1 Å². The third kappa shape index (κ3) is 5.83. The van der Waals surface area contributed by atoms with E-state index in [4.69, 9.17) is 4.74 Å². The van der Waals surface area contributed by atoms with Gasteiger partial charge in [-0.2, -0.15) is 0 Å². The Morgan fingerprint density at radius 1 is 1.11 bits per heavy atom. The van der Waals surface area contributed by atoms with Crippen LogP contribution in [-0.4, -0.2) is 36.5 Å². The zero-order chi connectivity index (χ0) is 18.9. The highest BCUT2D eigenvalue weighted by Gasteiger charge is 2.22. The van der Waals surface area contributed by atoms with E-state index in [9.17, 15) is 4.79 Å². The molecule has 4 heteroatoms. The predicted octanol–water partition coefficient (Wildman–Crippen LogP) is 3.80. The van der Waals surface area contributed by atoms with Crippen LogP contribution in [0.5, 0.6) is 5.75 Å². The maximum atomic E-state index is 12.2. The number of benzene rings is 2. The molecule has 1 atom stereocenters. The molecule has 4 nitrogen and oxygen atoms in total. The normalized spacial score (nSPS) is 15.0. The lowest BCUT2D eigenvalue weighted by atomic mass is 9.98. The Morgan fingerprint density at radius 2 is 1.85 bits per heavy atom. The number of amides is 1. The molecule has 0 fully saturated rings. The molecule has 2 aromatic rings. The van der Waals surface area contributed by atoms with Crippen molar-refractivity contribution in [3.05, 3.63) is 65.7 Å². The van der Waals surface area contributed by atoms with Crippen molar-refractivity contribution < 1.29 is 9.53 Å². The van der Waals surface area contributed by atoms with Crippen LogP contribution in [0.2, 0.25) is 0 Å². The third-order valence-electron chi connectivity index (χ3n) is 5.24. The lowest BCUT2D eigenvalue weighted by Crippen LogP contribution is -2.45. The number of hydrogen-bond donors (Lipinski definition) is 1. The number of hydrogen-bond acceptors (Lipinski definition) is 3. The minimum atomic E-state index is 0.113. The van der Waals surface area contributed by atoms with Crippen molar-refractivity contribution in [3.8, 4) is 5.75 Å². The molecule has 1 aliphatic heterocycles. The average Bonchev–Trinajstić information content (AvgIpc) is 2.72. The quantitative estimate of drug-likeness (QED) is 0.687. The summed E-state index contributed by atoms with van der Waals surface area (Å²) >= 11 is 0. The summed E-state index contributed by atoms with van der Waals surface area (Å²) in [6.07, 6.45) is 3.37. The van der Waals surface area contributed by atoms with Crippen LogP contribution in [0.4, 0.5) is 0 Å². The molecule has 0 aliphatic carbocycles. The molecular weight excluding hydrogens is 336 g/mol. The Labute approximate surface area is 162 Å². The molecule has 1 amide bonds. The van der Waals surface area contributed by atoms with Gasteiger partial charge in [0.2, 0.25) is 5.91 Å². The van der Waals surface area contributed by atoms with E-state index >= 15 is 0 Å². The molecule has 0 saturated carbocycles. The minimum Gasteiger partial charge on any atom is -0.494 e. The zero-order valence-electron chi connectivity index (χ0n) is 16.2.